The predicted molar refractivity (Wildman–Crippen MR) is 71.3 cm³/mol. The fourth-order valence-electron chi connectivity index (χ4n) is 2.70. The van der Waals surface area contributed by atoms with Crippen molar-refractivity contribution in [1.82, 2.24) is 20.0 Å². The van der Waals surface area contributed by atoms with Gasteiger partial charge in [-0.15, -0.1) is 0 Å². The molecule has 18 heavy (non-hydrogen) atoms. The zero-order valence-electron chi connectivity index (χ0n) is 11.4. The molecule has 1 aromatic rings. The summed E-state index contributed by atoms with van der Waals surface area (Å²) < 4.78 is 1.98. The minimum Gasteiger partial charge on any atom is -0.387 e. The highest BCUT2D eigenvalue weighted by atomic mass is 16.3. The van der Waals surface area contributed by atoms with E-state index in [1.807, 2.05) is 16.9 Å². The van der Waals surface area contributed by atoms with Crippen LogP contribution in [0.15, 0.2) is 12.3 Å². The number of likely N-dealkylation sites (tertiary alicyclic amines) is 1. The fraction of sp³-hybridized carbons (Fsp3) is 0.769. The third-order valence-corrected chi connectivity index (χ3v) is 3.61. The van der Waals surface area contributed by atoms with Crippen molar-refractivity contribution < 1.29 is 5.11 Å². The van der Waals surface area contributed by atoms with Crippen molar-refractivity contribution in [2.24, 2.45) is 0 Å². The Morgan fingerprint density at radius 3 is 3.11 bits per heavy atom. The summed E-state index contributed by atoms with van der Waals surface area (Å²) in [5, 5.41) is 18.1. The van der Waals surface area contributed by atoms with Crippen LogP contribution in [0.4, 0.5) is 0 Å². The summed E-state index contributed by atoms with van der Waals surface area (Å²) in [6, 6.07) is 2.02. The molecule has 0 radical (unpaired) electrons. The standard InChI is InChI=1S/C13H24N4O/c1-3-17-12(5-7-15-17)9-14-10-13(18)6-4-8-16(2)11-13/h5,7,14,18H,3-4,6,8-11H2,1-2H3/t13-/m1/s1. The molecule has 0 saturated carbocycles. The number of aryl methyl sites for hydroxylation is 1. The number of aliphatic hydroxyl groups is 1. The van der Waals surface area contributed by atoms with Gasteiger partial charge in [-0.2, -0.15) is 5.10 Å². The van der Waals surface area contributed by atoms with Crippen LogP contribution in [0.3, 0.4) is 0 Å². The van der Waals surface area contributed by atoms with Crippen LogP contribution in [0.5, 0.6) is 0 Å². The quantitative estimate of drug-likeness (QED) is 0.799. The second-order valence-electron chi connectivity index (χ2n) is 5.31. The lowest BCUT2D eigenvalue weighted by Crippen LogP contribution is -2.52. The molecule has 0 spiro atoms. The lowest BCUT2D eigenvalue weighted by atomic mass is 9.93. The molecule has 0 aromatic carbocycles. The molecule has 1 aliphatic rings. The van der Waals surface area contributed by atoms with E-state index >= 15 is 0 Å². The predicted octanol–water partition coefficient (Wildman–Crippen LogP) is 0.449. The maximum Gasteiger partial charge on any atom is 0.0898 e. The van der Waals surface area contributed by atoms with Gasteiger partial charge in [0.25, 0.3) is 0 Å². The molecule has 5 heteroatoms. The van der Waals surface area contributed by atoms with Gasteiger partial charge >= 0.3 is 0 Å². The highest BCUT2D eigenvalue weighted by Gasteiger charge is 2.31. The number of aromatic nitrogens is 2. The molecule has 0 amide bonds. The summed E-state index contributed by atoms with van der Waals surface area (Å²) in [4.78, 5) is 2.20. The van der Waals surface area contributed by atoms with Crippen LogP contribution >= 0.6 is 0 Å². The largest absolute Gasteiger partial charge is 0.387 e. The SMILES string of the molecule is CCn1nccc1CNC[C@]1(O)CCCN(C)C1. The summed E-state index contributed by atoms with van der Waals surface area (Å²) in [6.07, 6.45) is 3.78. The van der Waals surface area contributed by atoms with Crippen LogP contribution in [-0.2, 0) is 13.1 Å². The summed E-state index contributed by atoms with van der Waals surface area (Å²) in [5.74, 6) is 0. The van der Waals surface area contributed by atoms with E-state index in [1.165, 1.54) is 5.69 Å². The number of likely N-dealkylation sites (N-methyl/N-ethyl adjacent to an activating group) is 1. The summed E-state index contributed by atoms with van der Waals surface area (Å²) in [6.45, 7) is 6.22. The highest BCUT2D eigenvalue weighted by Crippen LogP contribution is 2.19. The molecule has 2 heterocycles. The maximum atomic E-state index is 10.5. The Kier molecular flexibility index (Phi) is 4.37. The van der Waals surface area contributed by atoms with Crippen molar-refractivity contribution in [3.05, 3.63) is 18.0 Å². The van der Waals surface area contributed by atoms with E-state index in [0.29, 0.717) is 6.54 Å². The number of β-amino-alcohol motifs (C(OH)–C–C–N with tert-alkyl or cyclic N) is 1. The fourth-order valence-corrected chi connectivity index (χ4v) is 2.70. The number of hydrogen-bond acceptors (Lipinski definition) is 4. The third-order valence-electron chi connectivity index (χ3n) is 3.61. The minimum atomic E-state index is -0.579. The molecule has 1 aliphatic heterocycles. The lowest BCUT2D eigenvalue weighted by Gasteiger charge is -2.37. The highest BCUT2D eigenvalue weighted by molar-refractivity contribution is 5.00. The van der Waals surface area contributed by atoms with Crippen molar-refractivity contribution in [3.63, 3.8) is 0 Å². The van der Waals surface area contributed by atoms with Gasteiger partial charge in [0.1, 0.15) is 0 Å². The van der Waals surface area contributed by atoms with E-state index < -0.39 is 5.60 Å². The van der Waals surface area contributed by atoms with E-state index in [9.17, 15) is 5.11 Å². The number of hydrogen-bond donors (Lipinski definition) is 2. The third kappa shape index (κ3) is 3.31. The molecule has 102 valence electrons. The van der Waals surface area contributed by atoms with Crippen LogP contribution in [0.1, 0.15) is 25.5 Å². The van der Waals surface area contributed by atoms with Gasteiger partial charge in [0.05, 0.1) is 11.3 Å². The van der Waals surface area contributed by atoms with Crippen LogP contribution in [0.25, 0.3) is 0 Å². The average Bonchev–Trinajstić information content (AvgIpc) is 2.76. The van der Waals surface area contributed by atoms with Crippen molar-refractivity contribution >= 4 is 0 Å². The minimum absolute atomic E-state index is 0.579. The molecule has 1 atom stereocenters. The Morgan fingerprint density at radius 2 is 2.39 bits per heavy atom. The summed E-state index contributed by atoms with van der Waals surface area (Å²) in [5.41, 5.74) is 0.592. The Labute approximate surface area is 109 Å². The van der Waals surface area contributed by atoms with Gasteiger partial charge in [0.15, 0.2) is 0 Å². The number of rotatable bonds is 5. The number of piperidine rings is 1. The topological polar surface area (TPSA) is 53.3 Å². The molecule has 1 aromatic heterocycles. The van der Waals surface area contributed by atoms with Crippen LogP contribution in [0.2, 0.25) is 0 Å². The van der Waals surface area contributed by atoms with Crippen molar-refractivity contribution in [2.75, 3.05) is 26.7 Å². The monoisotopic (exact) mass is 252 g/mol. The molecule has 2 rings (SSSR count). The molecule has 5 nitrogen and oxygen atoms in total. The zero-order chi connectivity index (χ0) is 13.0. The van der Waals surface area contributed by atoms with E-state index in [4.69, 9.17) is 0 Å². The average molecular weight is 252 g/mol. The Balaban J connectivity index is 1.81. The summed E-state index contributed by atoms with van der Waals surface area (Å²) >= 11 is 0. The second-order valence-corrected chi connectivity index (χ2v) is 5.31. The van der Waals surface area contributed by atoms with Gasteiger partial charge in [-0.1, -0.05) is 0 Å². The van der Waals surface area contributed by atoms with Crippen molar-refractivity contribution in [1.29, 1.82) is 0 Å². The van der Waals surface area contributed by atoms with Crippen LogP contribution in [-0.4, -0.2) is 52.1 Å². The van der Waals surface area contributed by atoms with E-state index in [0.717, 1.165) is 39.0 Å². The van der Waals surface area contributed by atoms with Gasteiger partial charge in [0.2, 0.25) is 0 Å². The van der Waals surface area contributed by atoms with Gasteiger partial charge < -0.3 is 15.3 Å². The van der Waals surface area contributed by atoms with E-state index in [2.05, 4.69) is 29.3 Å². The first-order valence-corrected chi connectivity index (χ1v) is 6.75. The lowest BCUT2D eigenvalue weighted by molar-refractivity contribution is -0.0219. The zero-order valence-corrected chi connectivity index (χ0v) is 11.4. The molecular weight excluding hydrogens is 228 g/mol. The maximum absolute atomic E-state index is 10.5. The molecule has 0 aliphatic carbocycles. The van der Waals surface area contributed by atoms with Crippen LogP contribution < -0.4 is 5.32 Å². The van der Waals surface area contributed by atoms with E-state index in [-0.39, 0.29) is 0 Å². The number of nitrogens with zero attached hydrogens (tertiary/aromatic N) is 3. The Bertz CT molecular complexity index is 379. The molecule has 0 bridgehead atoms. The first-order chi connectivity index (χ1) is 8.63. The first kappa shape index (κ1) is 13.5. The second kappa shape index (κ2) is 5.82. The normalized spacial score (nSPS) is 25.5. The Hall–Kier alpha value is -0.910. The van der Waals surface area contributed by atoms with Crippen molar-refractivity contribution in [2.45, 2.75) is 38.5 Å². The van der Waals surface area contributed by atoms with Gasteiger partial charge in [0, 0.05) is 32.4 Å². The summed E-state index contributed by atoms with van der Waals surface area (Å²) in [7, 11) is 2.07. The number of nitrogens with one attached hydrogen (secondary N) is 1. The van der Waals surface area contributed by atoms with Gasteiger partial charge in [-0.3, -0.25) is 4.68 Å². The molecule has 0 unspecified atom stereocenters. The molecule has 1 saturated heterocycles. The smallest absolute Gasteiger partial charge is 0.0898 e. The van der Waals surface area contributed by atoms with Crippen molar-refractivity contribution in [3.8, 4) is 0 Å². The van der Waals surface area contributed by atoms with Gasteiger partial charge in [-0.05, 0) is 39.4 Å². The van der Waals surface area contributed by atoms with E-state index in [1.54, 1.807) is 0 Å². The Morgan fingerprint density at radius 1 is 1.56 bits per heavy atom. The van der Waals surface area contributed by atoms with Crippen LogP contribution in [0, 0.1) is 0 Å². The molecule has 2 N–H and O–H groups in total. The molecule has 1 fully saturated rings. The van der Waals surface area contributed by atoms with Gasteiger partial charge in [-0.25, -0.2) is 0 Å². The molecular formula is C13H24N4O. The first-order valence-electron chi connectivity index (χ1n) is 6.75.